The molecule has 3 aromatic carbocycles. The van der Waals surface area contributed by atoms with E-state index in [2.05, 4.69) is 11.0 Å². The number of aliphatic hydroxyl groups excluding tert-OH is 1. The predicted octanol–water partition coefficient (Wildman–Crippen LogP) is 3.86. The second kappa shape index (κ2) is 6.46. The number of phenols is 1. The molecule has 0 saturated carbocycles. The highest BCUT2D eigenvalue weighted by atomic mass is 16.5. The molecular weight excluding hydrogens is 370 g/mol. The van der Waals surface area contributed by atoms with Crippen molar-refractivity contribution in [2.45, 2.75) is 19.1 Å². The maximum absolute atomic E-state index is 11.3. The van der Waals surface area contributed by atoms with Gasteiger partial charge in [-0.25, -0.2) is 0 Å². The van der Waals surface area contributed by atoms with E-state index < -0.39 is 6.10 Å². The second-order valence-electron chi connectivity index (χ2n) is 7.43. The Labute approximate surface area is 168 Å². The SMILES string of the molecule is COc1cc2c3c(c4ccc(OC)c(O)c4c2cc1OC)[C@@H](O)C1=CCCN1C3. The lowest BCUT2D eigenvalue weighted by Crippen LogP contribution is -2.29. The van der Waals surface area contributed by atoms with Crippen LogP contribution in [0.4, 0.5) is 0 Å². The number of fused-ring (bicyclic) bond motifs is 7. The van der Waals surface area contributed by atoms with Crippen LogP contribution in [0.3, 0.4) is 0 Å². The Morgan fingerprint density at radius 2 is 1.62 bits per heavy atom. The molecule has 6 nitrogen and oxygen atoms in total. The van der Waals surface area contributed by atoms with Gasteiger partial charge in [0.15, 0.2) is 23.0 Å². The number of aliphatic hydroxyl groups is 1. The molecule has 0 amide bonds. The van der Waals surface area contributed by atoms with Gasteiger partial charge in [0.1, 0.15) is 6.10 Å². The minimum Gasteiger partial charge on any atom is -0.504 e. The first-order valence-electron chi connectivity index (χ1n) is 9.62. The molecule has 150 valence electrons. The minimum atomic E-state index is -0.742. The van der Waals surface area contributed by atoms with Crippen LogP contribution in [-0.2, 0) is 6.54 Å². The zero-order valence-electron chi connectivity index (χ0n) is 16.7. The Kier molecular flexibility index (Phi) is 3.99. The molecule has 29 heavy (non-hydrogen) atoms. The van der Waals surface area contributed by atoms with Crippen molar-refractivity contribution < 1.29 is 24.4 Å². The molecule has 0 spiro atoms. The van der Waals surface area contributed by atoms with E-state index in [-0.39, 0.29) is 5.75 Å². The first-order valence-corrected chi connectivity index (χ1v) is 9.62. The Morgan fingerprint density at radius 1 is 0.931 bits per heavy atom. The average Bonchev–Trinajstić information content (AvgIpc) is 3.22. The lowest BCUT2D eigenvalue weighted by atomic mass is 9.85. The molecule has 0 aromatic heterocycles. The molecule has 2 aliphatic heterocycles. The summed E-state index contributed by atoms with van der Waals surface area (Å²) in [7, 11) is 4.73. The summed E-state index contributed by atoms with van der Waals surface area (Å²) < 4.78 is 16.4. The predicted molar refractivity (Wildman–Crippen MR) is 111 cm³/mol. The summed E-state index contributed by atoms with van der Waals surface area (Å²) in [6.07, 6.45) is 2.28. The number of nitrogens with zero attached hydrogens (tertiary/aromatic N) is 1. The maximum Gasteiger partial charge on any atom is 0.166 e. The Bertz CT molecular complexity index is 1180. The third-order valence-corrected chi connectivity index (χ3v) is 6.11. The van der Waals surface area contributed by atoms with Crippen molar-refractivity contribution in [3.05, 3.63) is 47.2 Å². The molecule has 6 heteroatoms. The van der Waals surface area contributed by atoms with Gasteiger partial charge in [-0.1, -0.05) is 6.08 Å². The van der Waals surface area contributed by atoms with Gasteiger partial charge in [-0.3, -0.25) is 0 Å². The monoisotopic (exact) mass is 393 g/mol. The summed E-state index contributed by atoms with van der Waals surface area (Å²) in [5.74, 6) is 1.64. The highest BCUT2D eigenvalue weighted by molar-refractivity contribution is 6.15. The van der Waals surface area contributed by atoms with Crippen LogP contribution in [0.5, 0.6) is 23.0 Å². The largest absolute Gasteiger partial charge is 0.504 e. The van der Waals surface area contributed by atoms with Gasteiger partial charge in [0, 0.05) is 24.2 Å². The van der Waals surface area contributed by atoms with E-state index in [0.717, 1.165) is 45.9 Å². The summed E-state index contributed by atoms with van der Waals surface area (Å²) in [6, 6.07) is 7.48. The Hall–Kier alpha value is -3.12. The molecular formula is C23H23NO5. The molecule has 0 radical (unpaired) electrons. The molecule has 1 atom stereocenters. The molecule has 2 aliphatic rings. The maximum atomic E-state index is 11.3. The van der Waals surface area contributed by atoms with Crippen molar-refractivity contribution in [1.29, 1.82) is 0 Å². The lowest BCUT2D eigenvalue weighted by molar-refractivity contribution is 0.156. The van der Waals surface area contributed by atoms with E-state index in [4.69, 9.17) is 14.2 Å². The molecule has 0 fully saturated rings. The van der Waals surface area contributed by atoms with Gasteiger partial charge in [-0.15, -0.1) is 0 Å². The third-order valence-electron chi connectivity index (χ3n) is 6.11. The minimum absolute atomic E-state index is 0.0556. The summed E-state index contributed by atoms with van der Waals surface area (Å²) in [6.45, 7) is 1.60. The van der Waals surface area contributed by atoms with E-state index in [1.165, 1.54) is 7.11 Å². The number of aromatic hydroxyl groups is 1. The van der Waals surface area contributed by atoms with Crippen LogP contribution in [-0.4, -0.2) is 43.0 Å². The Morgan fingerprint density at radius 3 is 2.31 bits per heavy atom. The van der Waals surface area contributed by atoms with E-state index in [9.17, 15) is 10.2 Å². The smallest absolute Gasteiger partial charge is 0.166 e. The molecule has 0 unspecified atom stereocenters. The van der Waals surface area contributed by atoms with Gasteiger partial charge in [0.25, 0.3) is 0 Å². The number of ether oxygens (including phenoxy) is 3. The van der Waals surface area contributed by atoms with Gasteiger partial charge in [-0.05, 0) is 58.0 Å². The first kappa shape index (κ1) is 17.9. The standard InChI is InChI=1S/C23H23NO5/c1-27-17-7-6-12-20(23(17)26)14-10-19(29-3)18(28-2)9-13(14)15-11-24-8-4-5-16(24)22(25)21(12)15/h5-7,9-10,22,25-26H,4,8,11H2,1-3H3/t22-/m0/s1. The molecule has 0 bridgehead atoms. The van der Waals surface area contributed by atoms with Crippen molar-refractivity contribution in [3.8, 4) is 23.0 Å². The molecule has 2 N–H and O–H groups in total. The number of hydrogen-bond donors (Lipinski definition) is 2. The fraction of sp³-hybridized carbons (Fsp3) is 0.304. The fourth-order valence-electron chi connectivity index (χ4n) is 4.78. The Balaban J connectivity index is 1.98. The molecule has 3 aromatic rings. The normalized spacial score (nSPS) is 17.9. The van der Waals surface area contributed by atoms with Crippen LogP contribution in [0, 0.1) is 0 Å². The highest BCUT2D eigenvalue weighted by Crippen LogP contribution is 2.50. The van der Waals surface area contributed by atoms with Gasteiger partial charge in [0.05, 0.1) is 21.3 Å². The van der Waals surface area contributed by atoms with Gasteiger partial charge >= 0.3 is 0 Å². The van der Waals surface area contributed by atoms with Crippen molar-refractivity contribution in [1.82, 2.24) is 4.90 Å². The van der Waals surface area contributed by atoms with Crippen molar-refractivity contribution in [2.75, 3.05) is 27.9 Å². The van der Waals surface area contributed by atoms with Crippen molar-refractivity contribution >= 4 is 21.5 Å². The number of phenolic OH excluding ortho intramolecular Hbond substituents is 1. The van der Waals surface area contributed by atoms with Crippen molar-refractivity contribution in [3.63, 3.8) is 0 Å². The number of benzene rings is 3. The lowest BCUT2D eigenvalue weighted by Gasteiger charge is -2.35. The van der Waals surface area contributed by atoms with Gasteiger partial charge in [-0.2, -0.15) is 0 Å². The van der Waals surface area contributed by atoms with Gasteiger partial charge < -0.3 is 29.3 Å². The summed E-state index contributed by atoms with van der Waals surface area (Å²) in [4.78, 5) is 2.22. The van der Waals surface area contributed by atoms with Crippen LogP contribution in [0.1, 0.15) is 23.7 Å². The molecule has 0 aliphatic carbocycles. The van der Waals surface area contributed by atoms with E-state index in [0.29, 0.717) is 29.2 Å². The number of methoxy groups -OCH3 is 3. The van der Waals surface area contributed by atoms with E-state index >= 15 is 0 Å². The third kappa shape index (κ3) is 2.39. The van der Waals surface area contributed by atoms with Crippen LogP contribution in [0.15, 0.2) is 36.0 Å². The first-order chi connectivity index (χ1) is 14.1. The zero-order chi connectivity index (χ0) is 20.3. The quantitative estimate of drug-likeness (QED) is 0.659. The molecule has 2 heterocycles. The van der Waals surface area contributed by atoms with Crippen molar-refractivity contribution in [2.24, 2.45) is 0 Å². The second-order valence-corrected chi connectivity index (χ2v) is 7.43. The summed E-state index contributed by atoms with van der Waals surface area (Å²) in [5, 5.41) is 25.5. The molecule has 0 saturated heterocycles. The molecule has 5 rings (SSSR count). The number of hydrogen-bond acceptors (Lipinski definition) is 6. The fourth-order valence-corrected chi connectivity index (χ4v) is 4.78. The van der Waals surface area contributed by atoms with Gasteiger partial charge in [0.2, 0.25) is 0 Å². The van der Waals surface area contributed by atoms with Crippen LogP contribution in [0.2, 0.25) is 0 Å². The van der Waals surface area contributed by atoms with E-state index in [1.807, 2.05) is 18.2 Å². The summed E-state index contributed by atoms with van der Waals surface area (Å²) in [5.41, 5.74) is 2.82. The topological polar surface area (TPSA) is 71.4 Å². The highest BCUT2D eigenvalue weighted by Gasteiger charge is 2.34. The zero-order valence-corrected chi connectivity index (χ0v) is 16.7. The van der Waals surface area contributed by atoms with Crippen LogP contribution >= 0.6 is 0 Å². The summed E-state index contributed by atoms with van der Waals surface area (Å²) >= 11 is 0. The van der Waals surface area contributed by atoms with E-state index in [1.54, 1.807) is 20.3 Å². The number of rotatable bonds is 3. The van der Waals surface area contributed by atoms with Crippen LogP contribution in [0.25, 0.3) is 21.5 Å². The average molecular weight is 393 g/mol. The van der Waals surface area contributed by atoms with Crippen LogP contribution < -0.4 is 14.2 Å².